The lowest BCUT2D eigenvalue weighted by Gasteiger charge is -2.11. The molecule has 8 heteroatoms. The van der Waals surface area contributed by atoms with Gasteiger partial charge in [-0.2, -0.15) is 13.2 Å². The number of hydrogen-bond donors (Lipinski definition) is 0. The molecule has 0 saturated carbocycles. The first-order valence-corrected chi connectivity index (χ1v) is 5.27. The first-order chi connectivity index (χ1) is 9.30. The Morgan fingerprint density at radius 3 is 2.60 bits per heavy atom. The summed E-state index contributed by atoms with van der Waals surface area (Å²) in [5.74, 6) is -1.80. The van der Waals surface area contributed by atoms with Crippen molar-refractivity contribution in [3.63, 3.8) is 0 Å². The van der Waals surface area contributed by atoms with Gasteiger partial charge in [0.15, 0.2) is 5.69 Å². The second-order valence-corrected chi connectivity index (χ2v) is 3.79. The van der Waals surface area contributed by atoms with Crippen molar-refractivity contribution in [2.75, 3.05) is 0 Å². The summed E-state index contributed by atoms with van der Waals surface area (Å²) in [6.07, 6.45) is -2.50. The Balaban J connectivity index is 2.61. The van der Waals surface area contributed by atoms with E-state index in [2.05, 4.69) is 4.98 Å². The quantitative estimate of drug-likeness (QED) is 0.809. The number of nitrogens with zero attached hydrogens (tertiary/aromatic N) is 2. The van der Waals surface area contributed by atoms with Gasteiger partial charge >= 0.3 is 6.18 Å². The molecule has 2 aromatic rings. The molecule has 2 rings (SSSR count). The largest absolute Gasteiger partial charge is 0.543 e. The van der Waals surface area contributed by atoms with Crippen LogP contribution in [0, 0.1) is 0 Å². The Kier molecular flexibility index (Phi) is 3.31. The number of benzene rings is 1. The molecule has 0 atom stereocenters. The monoisotopic (exact) mass is 283 g/mol. The van der Waals surface area contributed by atoms with Crippen LogP contribution in [0.25, 0.3) is 5.69 Å². The van der Waals surface area contributed by atoms with E-state index in [9.17, 15) is 27.9 Å². The minimum atomic E-state index is -4.57. The van der Waals surface area contributed by atoms with Crippen LogP contribution in [0.4, 0.5) is 13.2 Å². The summed E-state index contributed by atoms with van der Waals surface area (Å²) in [6.45, 7) is 0. The van der Waals surface area contributed by atoms with Gasteiger partial charge in [-0.1, -0.05) is 6.07 Å². The van der Waals surface area contributed by atoms with Gasteiger partial charge in [-0.25, -0.2) is 4.98 Å². The van der Waals surface area contributed by atoms with E-state index in [1.165, 1.54) is 6.07 Å². The molecular formula is C12H6F3N2O3-. The molecule has 1 aromatic carbocycles. The molecule has 0 saturated heterocycles. The molecule has 0 fully saturated rings. The third kappa shape index (κ3) is 2.53. The zero-order valence-corrected chi connectivity index (χ0v) is 9.72. The number of alkyl halides is 3. The van der Waals surface area contributed by atoms with Crippen LogP contribution in [-0.4, -0.2) is 15.5 Å². The molecule has 0 radical (unpaired) electrons. The van der Waals surface area contributed by atoms with E-state index in [4.69, 9.17) is 0 Å². The van der Waals surface area contributed by atoms with E-state index in [0.717, 1.165) is 35.2 Å². The Bertz CT molecular complexity index is 722. The summed E-state index contributed by atoms with van der Waals surface area (Å²) >= 11 is 0. The van der Waals surface area contributed by atoms with Crippen molar-refractivity contribution in [3.05, 3.63) is 58.3 Å². The van der Waals surface area contributed by atoms with Crippen molar-refractivity contribution in [1.29, 1.82) is 0 Å². The standard InChI is InChI=1S/C12H7F3N2O3/c13-12(14,15)7-2-1-3-8(6-7)17-5-4-16-9(10(17)18)11(19)20/h1-6H,(H,19,20)/p-1. The lowest BCUT2D eigenvalue weighted by Crippen LogP contribution is -2.34. The van der Waals surface area contributed by atoms with Gasteiger partial charge in [0.1, 0.15) is 0 Å². The summed E-state index contributed by atoms with van der Waals surface area (Å²) in [5.41, 5.74) is -3.00. The average molecular weight is 283 g/mol. The van der Waals surface area contributed by atoms with Crippen LogP contribution in [-0.2, 0) is 6.18 Å². The Labute approximate surface area is 109 Å². The molecule has 104 valence electrons. The van der Waals surface area contributed by atoms with Crippen LogP contribution in [0.1, 0.15) is 16.1 Å². The lowest BCUT2D eigenvalue weighted by atomic mass is 10.2. The highest BCUT2D eigenvalue weighted by Crippen LogP contribution is 2.30. The predicted molar refractivity (Wildman–Crippen MR) is 59.2 cm³/mol. The summed E-state index contributed by atoms with van der Waals surface area (Å²) in [4.78, 5) is 25.8. The number of rotatable bonds is 2. The van der Waals surface area contributed by atoms with Crippen LogP contribution < -0.4 is 10.7 Å². The summed E-state index contributed by atoms with van der Waals surface area (Å²) in [5, 5.41) is 10.7. The molecule has 0 aliphatic rings. The van der Waals surface area contributed by atoms with E-state index in [0.29, 0.717) is 0 Å². The van der Waals surface area contributed by atoms with Gasteiger partial charge in [0.25, 0.3) is 5.56 Å². The number of carbonyl (C=O) groups is 1. The van der Waals surface area contributed by atoms with Crippen molar-refractivity contribution < 1.29 is 23.1 Å². The van der Waals surface area contributed by atoms with Gasteiger partial charge in [0, 0.05) is 18.1 Å². The van der Waals surface area contributed by atoms with Crippen LogP contribution >= 0.6 is 0 Å². The highest BCUT2D eigenvalue weighted by Gasteiger charge is 2.30. The van der Waals surface area contributed by atoms with Crippen LogP contribution in [0.2, 0.25) is 0 Å². The lowest BCUT2D eigenvalue weighted by molar-refractivity contribution is -0.255. The van der Waals surface area contributed by atoms with E-state index >= 15 is 0 Å². The maximum atomic E-state index is 12.6. The topological polar surface area (TPSA) is 75.0 Å². The predicted octanol–water partition coefficient (Wildman–Crippen LogP) is 0.615. The molecule has 0 amide bonds. The first kappa shape index (κ1) is 13.8. The van der Waals surface area contributed by atoms with E-state index < -0.39 is 29.0 Å². The van der Waals surface area contributed by atoms with Crippen LogP contribution in [0.5, 0.6) is 0 Å². The molecule has 0 spiro atoms. The molecule has 0 N–H and O–H groups in total. The fourth-order valence-electron chi connectivity index (χ4n) is 1.59. The van der Waals surface area contributed by atoms with Gasteiger partial charge < -0.3 is 9.90 Å². The number of aromatic nitrogens is 2. The zero-order chi connectivity index (χ0) is 14.9. The number of halogens is 3. The van der Waals surface area contributed by atoms with E-state index in [1.54, 1.807) is 0 Å². The van der Waals surface area contributed by atoms with Crippen molar-refractivity contribution in [2.24, 2.45) is 0 Å². The second-order valence-electron chi connectivity index (χ2n) is 3.79. The van der Waals surface area contributed by atoms with E-state index in [-0.39, 0.29) is 5.69 Å². The molecule has 0 aliphatic heterocycles. The molecule has 0 unspecified atom stereocenters. The summed E-state index contributed by atoms with van der Waals surface area (Å²) < 4.78 is 38.5. The van der Waals surface area contributed by atoms with Gasteiger partial charge in [0.2, 0.25) is 0 Å². The Morgan fingerprint density at radius 1 is 1.30 bits per heavy atom. The molecule has 5 nitrogen and oxygen atoms in total. The minimum Gasteiger partial charge on any atom is -0.543 e. The fourth-order valence-corrected chi connectivity index (χ4v) is 1.59. The minimum absolute atomic E-state index is 0.116. The van der Waals surface area contributed by atoms with Gasteiger partial charge in [-0.3, -0.25) is 9.36 Å². The van der Waals surface area contributed by atoms with Crippen LogP contribution in [0.3, 0.4) is 0 Å². The molecule has 0 bridgehead atoms. The highest BCUT2D eigenvalue weighted by molar-refractivity contribution is 5.82. The Hall–Kier alpha value is -2.64. The number of carboxylic acids is 1. The molecule has 20 heavy (non-hydrogen) atoms. The molecule has 1 aromatic heterocycles. The van der Waals surface area contributed by atoms with Crippen molar-refractivity contribution in [1.82, 2.24) is 9.55 Å². The number of hydrogen-bond acceptors (Lipinski definition) is 4. The number of carbonyl (C=O) groups excluding carboxylic acids is 1. The molecular weight excluding hydrogens is 277 g/mol. The van der Waals surface area contributed by atoms with Crippen molar-refractivity contribution in [3.8, 4) is 5.69 Å². The van der Waals surface area contributed by atoms with Gasteiger partial charge in [0.05, 0.1) is 11.5 Å². The maximum Gasteiger partial charge on any atom is 0.416 e. The normalized spacial score (nSPS) is 11.3. The van der Waals surface area contributed by atoms with Crippen molar-refractivity contribution in [2.45, 2.75) is 6.18 Å². The molecule has 1 heterocycles. The molecule has 0 aliphatic carbocycles. The Morgan fingerprint density at radius 2 is 2.00 bits per heavy atom. The number of aromatic carboxylic acids is 1. The van der Waals surface area contributed by atoms with Gasteiger partial charge in [-0.05, 0) is 18.2 Å². The van der Waals surface area contributed by atoms with Crippen LogP contribution in [0.15, 0.2) is 41.5 Å². The third-order valence-electron chi connectivity index (χ3n) is 2.49. The summed E-state index contributed by atoms with van der Waals surface area (Å²) in [6, 6.07) is 3.94. The third-order valence-corrected chi connectivity index (χ3v) is 2.49. The average Bonchev–Trinajstić information content (AvgIpc) is 2.38. The maximum absolute atomic E-state index is 12.6. The highest BCUT2D eigenvalue weighted by atomic mass is 19.4. The fraction of sp³-hybridized carbons (Fsp3) is 0.0833. The first-order valence-electron chi connectivity index (χ1n) is 5.27. The summed E-state index contributed by atoms with van der Waals surface area (Å²) in [7, 11) is 0. The van der Waals surface area contributed by atoms with Crippen molar-refractivity contribution >= 4 is 5.97 Å². The number of carboxylic acid groups (broad SMARTS) is 1. The zero-order valence-electron chi connectivity index (χ0n) is 9.72. The smallest absolute Gasteiger partial charge is 0.416 e. The SMILES string of the molecule is O=C([O-])c1nccn(-c2cccc(C(F)(F)F)c2)c1=O. The second kappa shape index (κ2) is 4.80. The van der Waals surface area contributed by atoms with E-state index in [1.807, 2.05) is 0 Å². The van der Waals surface area contributed by atoms with Gasteiger partial charge in [-0.15, -0.1) is 0 Å².